The van der Waals surface area contributed by atoms with E-state index < -0.39 is 0 Å². The van der Waals surface area contributed by atoms with Gasteiger partial charge in [-0.3, -0.25) is 4.79 Å². The van der Waals surface area contributed by atoms with E-state index in [-0.39, 0.29) is 17.7 Å². The van der Waals surface area contributed by atoms with Gasteiger partial charge in [-0.1, -0.05) is 42.7 Å². The van der Waals surface area contributed by atoms with Crippen LogP contribution in [0.15, 0.2) is 41.1 Å². The zero-order chi connectivity index (χ0) is 22.0. The Morgan fingerprint density at radius 3 is 2.65 bits per heavy atom. The topological polar surface area (TPSA) is 84.2 Å². The molecule has 1 fully saturated rings. The summed E-state index contributed by atoms with van der Waals surface area (Å²) in [6.45, 7) is 7.54. The van der Waals surface area contributed by atoms with Gasteiger partial charge in [0.15, 0.2) is 5.82 Å². The lowest BCUT2D eigenvalue weighted by molar-refractivity contribution is -0.120. The molecule has 8 heteroatoms. The van der Waals surface area contributed by atoms with Crippen molar-refractivity contribution in [2.45, 2.75) is 39.5 Å². The summed E-state index contributed by atoms with van der Waals surface area (Å²) in [6.07, 6.45) is 3.17. The van der Waals surface area contributed by atoms with Crippen molar-refractivity contribution < 1.29 is 9.32 Å². The van der Waals surface area contributed by atoms with Gasteiger partial charge >= 0.3 is 0 Å². The molecule has 1 amide bonds. The molecule has 1 N–H and O–H groups in total. The highest BCUT2D eigenvalue weighted by molar-refractivity contribution is 6.30. The molecular weight excluding hydrogens is 414 g/mol. The number of amides is 1. The number of aryl methyl sites for hydroxylation is 1. The van der Waals surface area contributed by atoms with Crippen LogP contribution in [0.25, 0.3) is 11.5 Å². The molecule has 0 unspecified atom stereocenters. The van der Waals surface area contributed by atoms with Gasteiger partial charge in [0.05, 0.1) is 16.3 Å². The van der Waals surface area contributed by atoms with Crippen molar-refractivity contribution in [1.29, 1.82) is 0 Å². The number of carbonyl (C=O) groups is 1. The third kappa shape index (κ3) is 4.71. The number of nitrogens with one attached hydrogen (secondary N) is 1. The van der Waals surface area contributed by atoms with Crippen molar-refractivity contribution >= 4 is 29.0 Å². The van der Waals surface area contributed by atoms with Crippen molar-refractivity contribution in [2.24, 2.45) is 5.92 Å². The first-order valence-corrected chi connectivity index (χ1v) is 10.9. The molecule has 0 spiro atoms. The Morgan fingerprint density at radius 1 is 1.23 bits per heavy atom. The predicted octanol–water partition coefficient (Wildman–Crippen LogP) is 5.07. The van der Waals surface area contributed by atoms with Crippen LogP contribution in [0.2, 0.25) is 5.02 Å². The number of rotatable bonds is 5. The van der Waals surface area contributed by atoms with Crippen LogP contribution in [0.3, 0.4) is 0 Å². The zero-order valence-electron chi connectivity index (χ0n) is 17.9. The summed E-state index contributed by atoms with van der Waals surface area (Å²) in [5.41, 5.74) is 2.43. The number of anilines is 2. The van der Waals surface area contributed by atoms with Crippen molar-refractivity contribution in [1.82, 2.24) is 15.1 Å². The van der Waals surface area contributed by atoms with E-state index in [4.69, 9.17) is 16.1 Å². The Hall–Kier alpha value is -2.93. The molecule has 162 valence electrons. The third-order valence-corrected chi connectivity index (χ3v) is 5.83. The molecule has 31 heavy (non-hydrogen) atoms. The molecule has 2 aromatic heterocycles. The van der Waals surface area contributed by atoms with Crippen LogP contribution in [-0.4, -0.2) is 34.1 Å². The Kier molecular flexibility index (Phi) is 6.23. The van der Waals surface area contributed by atoms with Gasteiger partial charge in [0.2, 0.25) is 5.91 Å². The molecule has 3 heterocycles. The van der Waals surface area contributed by atoms with E-state index in [9.17, 15) is 4.79 Å². The lowest BCUT2D eigenvalue weighted by atomic mass is 9.95. The molecule has 0 radical (unpaired) electrons. The second kappa shape index (κ2) is 9.06. The summed E-state index contributed by atoms with van der Waals surface area (Å²) < 4.78 is 5.47. The summed E-state index contributed by atoms with van der Waals surface area (Å²) in [5.74, 6) is 2.08. The number of aromatic nitrogens is 3. The van der Waals surface area contributed by atoms with Gasteiger partial charge in [-0.15, -0.1) is 0 Å². The van der Waals surface area contributed by atoms with E-state index in [2.05, 4.69) is 25.3 Å². The zero-order valence-corrected chi connectivity index (χ0v) is 18.7. The third-order valence-electron chi connectivity index (χ3n) is 5.61. The van der Waals surface area contributed by atoms with Gasteiger partial charge in [-0.25, -0.2) is 4.98 Å². The van der Waals surface area contributed by atoms with Gasteiger partial charge in [-0.2, -0.15) is 4.98 Å². The van der Waals surface area contributed by atoms with Gasteiger partial charge in [0.25, 0.3) is 5.89 Å². The van der Waals surface area contributed by atoms with Crippen molar-refractivity contribution in [3.8, 4) is 11.5 Å². The monoisotopic (exact) mass is 439 g/mol. The lowest BCUT2D eigenvalue weighted by Crippen LogP contribution is -2.38. The van der Waals surface area contributed by atoms with Gasteiger partial charge in [0.1, 0.15) is 5.82 Å². The number of pyridine rings is 1. The van der Waals surface area contributed by atoms with E-state index in [0.29, 0.717) is 16.7 Å². The van der Waals surface area contributed by atoms with Crippen LogP contribution in [0, 0.1) is 12.8 Å². The molecule has 0 bridgehead atoms. The first-order valence-electron chi connectivity index (χ1n) is 10.5. The molecule has 4 rings (SSSR count). The Labute approximate surface area is 186 Å². The standard InChI is InChI=1S/C23H26ClN5O2/c1-14(2)21-27-23(31-28-21)18-6-4-5-15(3)20(18)26-22(30)16-9-11-29(12-10-16)19-8-7-17(24)13-25-19/h4-8,13-14,16H,9-12H2,1-3H3,(H,26,30). The summed E-state index contributed by atoms with van der Waals surface area (Å²) >= 11 is 5.93. The fraction of sp³-hybridized carbons (Fsp3) is 0.391. The van der Waals surface area contributed by atoms with E-state index in [1.165, 1.54) is 0 Å². The highest BCUT2D eigenvalue weighted by atomic mass is 35.5. The summed E-state index contributed by atoms with van der Waals surface area (Å²) in [5, 5.41) is 7.80. The maximum Gasteiger partial charge on any atom is 0.260 e. The molecule has 3 aromatic rings. The number of hydrogen-bond acceptors (Lipinski definition) is 6. The lowest BCUT2D eigenvalue weighted by Gasteiger charge is -2.32. The molecule has 1 aromatic carbocycles. The molecular formula is C23H26ClN5O2. The number of benzene rings is 1. The van der Waals surface area contributed by atoms with Crippen LogP contribution in [0.1, 0.15) is 44.0 Å². The number of para-hydroxylation sites is 1. The normalized spacial score (nSPS) is 14.8. The average molecular weight is 440 g/mol. The maximum atomic E-state index is 13.1. The number of halogens is 1. The molecule has 7 nitrogen and oxygen atoms in total. The maximum absolute atomic E-state index is 13.1. The van der Waals surface area contributed by atoms with Crippen molar-refractivity contribution in [3.63, 3.8) is 0 Å². The smallest absolute Gasteiger partial charge is 0.260 e. The average Bonchev–Trinajstić information content (AvgIpc) is 3.26. The van der Waals surface area contributed by atoms with Crippen LogP contribution >= 0.6 is 11.6 Å². The number of hydrogen-bond donors (Lipinski definition) is 1. The Balaban J connectivity index is 1.46. The summed E-state index contributed by atoms with van der Waals surface area (Å²) in [4.78, 5) is 24.1. The second-order valence-electron chi connectivity index (χ2n) is 8.20. The first kappa shape index (κ1) is 21.3. The highest BCUT2D eigenvalue weighted by Crippen LogP contribution is 2.32. The predicted molar refractivity (Wildman–Crippen MR) is 121 cm³/mol. The molecule has 0 atom stereocenters. The molecule has 1 aliphatic rings. The highest BCUT2D eigenvalue weighted by Gasteiger charge is 2.27. The minimum atomic E-state index is -0.0649. The first-order chi connectivity index (χ1) is 14.9. The van der Waals surface area contributed by atoms with E-state index in [1.54, 1.807) is 6.20 Å². The Bertz CT molecular complexity index is 1060. The van der Waals surface area contributed by atoms with Crippen molar-refractivity contribution in [3.05, 3.63) is 52.9 Å². The van der Waals surface area contributed by atoms with Crippen LogP contribution in [-0.2, 0) is 4.79 Å². The minimum Gasteiger partial charge on any atom is -0.357 e. The van der Waals surface area contributed by atoms with Gasteiger partial charge in [0, 0.05) is 31.1 Å². The molecule has 0 saturated carbocycles. The fourth-order valence-corrected chi connectivity index (χ4v) is 3.85. The Morgan fingerprint density at radius 2 is 2.00 bits per heavy atom. The second-order valence-corrected chi connectivity index (χ2v) is 8.63. The van der Waals surface area contributed by atoms with E-state index in [1.807, 2.05) is 51.1 Å². The molecule has 1 saturated heterocycles. The van der Waals surface area contributed by atoms with E-state index >= 15 is 0 Å². The van der Waals surface area contributed by atoms with Gasteiger partial charge < -0.3 is 14.7 Å². The van der Waals surface area contributed by atoms with Crippen molar-refractivity contribution in [2.75, 3.05) is 23.3 Å². The molecule has 0 aliphatic carbocycles. The van der Waals surface area contributed by atoms with Crippen LogP contribution < -0.4 is 10.2 Å². The number of piperidine rings is 1. The largest absolute Gasteiger partial charge is 0.357 e. The van der Waals surface area contributed by atoms with Crippen LogP contribution in [0.5, 0.6) is 0 Å². The SMILES string of the molecule is Cc1cccc(-c2nc(C(C)C)no2)c1NC(=O)C1CCN(c2ccc(Cl)cn2)CC1. The number of nitrogens with zero attached hydrogens (tertiary/aromatic N) is 4. The van der Waals surface area contributed by atoms with Gasteiger partial charge in [-0.05, 0) is 43.5 Å². The number of carbonyl (C=O) groups excluding carboxylic acids is 1. The quantitative estimate of drug-likeness (QED) is 0.597. The molecule has 1 aliphatic heterocycles. The fourth-order valence-electron chi connectivity index (χ4n) is 3.74. The minimum absolute atomic E-state index is 0.0165. The summed E-state index contributed by atoms with van der Waals surface area (Å²) in [7, 11) is 0. The van der Waals surface area contributed by atoms with E-state index in [0.717, 1.165) is 48.6 Å². The summed E-state index contributed by atoms with van der Waals surface area (Å²) in [6, 6.07) is 9.54. The van der Waals surface area contributed by atoms with Crippen LogP contribution in [0.4, 0.5) is 11.5 Å².